The third kappa shape index (κ3) is 3.02. The van der Waals surface area contributed by atoms with Crippen molar-refractivity contribution in [3.8, 4) is 0 Å². The average molecular weight is 451 g/mol. The summed E-state index contributed by atoms with van der Waals surface area (Å²) in [6.45, 7) is 2.48. The van der Waals surface area contributed by atoms with Gasteiger partial charge in [0.25, 0.3) is 5.56 Å². The fourth-order valence-electron chi connectivity index (χ4n) is 5.02. The van der Waals surface area contributed by atoms with Crippen molar-refractivity contribution in [2.75, 3.05) is 29.5 Å². The number of hydrogen-bond donors (Lipinski definition) is 1. The van der Waals surface area contributed by atoms with Crippen LogP contribution in [0.25, 0.3) is 22.1 Å². The number of rotatable bonds is 3. The highest BCUT2D eigenvalue weighted by molar-refractivity contribution is 6.35. The van der Waals surface area contributed by atoms with Crippen molar-refractivity contribution in [2.24, 2.45) is 0 Å². The molecule has 4 aromatic rings. The number of benzene rings is 1. The third-order valence-corrected chi connectivity index (χ3v) is 6.81. The molecule has 10 heteroatoms. The van der Waals surface area contributed by atoms with E-state index >= 15 is 0 Å². The summed E-state index contributed by atoms with van der Waals surface area (Å²) in [6, 6.07) is 5.38. The van der Waals surface area contributed by atoms with Crippen LogP contribution in [0, 0.1) is 0 Å². The van der Waals surface area contributed by atoms with Gasteiger partial charge >= 0.3 is 0 Å². The van der Waals surface area contributed by atoms with Crippen molar-refractivity contribution in [3.63, 3.8) is 0 Å². The number of H-pyrrole nitrogens is 1. The Labute approximate surface area is 189 Å². The van der Waals surface area contributed by atoms with Crippen molar-refractivity contribution in [1.29, 1.82) is 0 Å². The number of aromatic amines is 1. The van der Waals surface area contributed by atoms with Crippen LogP contribution in [0.5, 0.6) is 0 Å². The minimum atomic E-state index is -0.0984. The normalized spacial score (nSPS) is 19.3. The molecule has 3 aromatic heterocycles. The smallest absolute Gasteiger partial charge is 0.281 e. The zero-order chi connectivity index (χ0) is 21.7. The van der Waals surface area contributed by atoms with E-state index in [1.807, 2.05) is 12.1 Å². The molecule has 5 heterocycles. The summed E-state index contributed by atoms with van der Waals surface area (Å²) >= 11 is 6.45. The summed E-state index contributed by atoms with van der Waals surface area (Å²) in [5.74, 6) is 1.54. The minimum absolute atomic E-state index is 0.0885. The van der Waals surface area contributed by atoms with Crippen LogP contribution < -0.4 is 15.5 Å². The Morgan fingerprint density at radius 3 is 2.78 bits per heavy atom. The molecule has 1 aromatic carbocycles. The topological polar surface area (TPSA) is 95.8 Å². The van der Waals surface area contributed by atoms with Crippen LogP contribution in [0.3, 0.4) is 0 Å². The Morgan fingerprint density at radius 2 is 1.91 bits per heavy atom. The Balaban J connectivity index is 1.56. The second-order valence-electron chi connectivity index (χ2n) is 8.39. The predicted octanol–water partition coefficient (Wildman–Crippen LogP) is 3.18. The van der Waals surface area contributed by atoms with Crippen LogP contribution in [0.15, 0.2) is 35.6 Å². The lowest BCUT2D eigenvalue weighted by molar-refractivity contribution is 0.442. The number of aromatic nitrogens is 6. The lowest BCUT2D eigenvalue weighted by Crippen LogP contribution is -2.48. The maximum absolute atomic E-state index is 13.8. The van der Waals surface area contributed by atoms with E-state index in [9.17, 15) is 4.79 Å². The standard InChI is InChI=1S/C22H23ClN8O/c23-14-6-4-7-15-17(14)22(32)31(29-9-2-1-3-10-29)20(28-15)16-8-5-11-30(16)21-18-19(25-12-24-18)26-13-27-21/h4,6-7,12-13,16H,1-3,5,8-11H2,(H,24,25,26,27)/t16-/m0/s1. The van der Waals surface area contributed by atoms with Crippen LogP contribution in [0.4, 0.5) is 5.82 Å². The van der Waals surface area contributed by atoms with Crippen molar-refractivity contribution in [2.45, 2.75) is 38.1 Å². The molecule has 0 bridgehead atoms. The molecule has 2 aliphatic rings. The van der Waals surface area contributed by atoms with Crippen molar-refractivity contribution >= 4 is 39.5 Å². The molecule has 0 radical (unpaired) electrons. The van der Waals surface area contributed by atoms with Gasteiger partial charge in [0, 0.05) is 19.6 Å². The van der Waals surface area contributed by atoms with E-state index in [4.69, 9.17) is 16.6 Å². The first kappa shape index (κ1) is 19.5. The first-order chi connectivity index (χ1) is 15.7. The van der Waals surface area contributed by atoms with E-state index in [2.05, 4.69) is 29.8 Å². The average Bonchev–Trinajstić information content (AvgIpc) is 3.49. The largest absolute Gasteiger partial charge is 0.344 e. The Hall–Kier alpha value is -3.20. The van der Waals surface area contributed by atoms with Gasteiger partial charge < -0.3 is 14.9 Å². The Bertz CT molecular complexity index is 1360. The molecule has 0 unspecified atom stereocenters. The molecule has 0 spiro atoms. The van der Waals surface area contributed by atoms with Gasteiger partial charge in [0.05, 0.1) is 28.3 Å². The second-order valence-corrected chi connectivity index (χ2v) is 8.79. The number of fused-ring (bicyclic) bond motifs is 2. The number of nitrogens with one attached hydrogen (secondary N) is 1. The summed E-state index contributed by atoms with van der Waals surface area (Å²) in [5.41, 5.74) is 1.97. The van der Waals surface area contributed by atoms with Crippen LogP contribution in [0.2, 0.25) is 5.02 Å². The molecule has 0 saturated carbocycles. The van der Waals surface area contributed by atoms with Gasteiger partial charge in [-0.15, -0.1) is 0 Å². The molecule has 9 nitrogen and oxygen atoms in total. The number of anilines is 1. The molecule has 0 amide bonds. The van der Waals surface area contributed by atoms with E-state index in [1.165, 1.54) is 6.42 Å². The van der Waals surface area contributed by atoms with E-state index < -0.39 is 0 Å². The van der Waals surface area contributed by atoms with Crippen molar-refractivity contribution < 1.29 is 0 Å². The van der Waals surface area contributed by atoms with E-state index in [1.54, 1.807) is 23.4 Å². The summed E-state index contributed by atoms with van der Waals surface area (Å²) in [5, 5.41) is 3.06. The summed E-state index contributed by atoms with van der Waals surface area (Å²) in [4.78, 5) is 37.3. The highest BCUT2D eigenvalue weighted by atomic mass is 35.5. The lowest BCUT2D eigenvalue weighted by Gasteiger charge is -2.35. The Morgan fingerprint density at radius 1 is 1.03 bits per heavy atom. The molecule has 32 heavy (non-hydrogen) atoms. The third-order valence-electron chi connectivity index (χ3n) is 6.49. The van der Waals surface area contributed by atoms with Gasteiger partial charge in [0.2, 0.25) is 0 Å². The van der Waals surface area contributed by atoms with Gasteiger partial charge in [-0.25, -0.2) is 24.6 Å². The number of imidazole rings is 1. The van der Waals surface area contributed by atoms with Crippen molar-refractivity contribution in [3.05, 3.63) is 52.1 Å². The molecule has 2 aliphatic heterocycles. The number of piperidine rings is 1. The summed E-state index contributed by atoms with van der Waals surface area (Å²) in [6.07, 6.45) is 8.33. The number of hydrogen-bond acceptors (Lipinski definition) is 7. The molecular formula is C22H23ClN8O. The molecule has 1 atom stereocenters. The highest BCUT2D eigenvalue weighted by Gasteiger charge is 2.34. The first-order valence-electron chi connectivity index (χ1n) is 11.1. The zero-order valence-electron chi connectivity index (χ0n) is 17.5. The Kier molecular flexibility index (Phi) is 4.71. The monoisotopic (exact) mass is 450 g/mol. The molecule has 2 saturated heterocycles. The van der Waals surface area contributed by atoms with Gasteiger partial charge in [0.15, 0.2) is 17.3 Å². The second kappa shape index (κ2) is 7.74. The first-order valence-corrected chi connectivity index (χ1v) is 11.5. The van der Waals surface area contributed by atoms with Gasteiger partial charge in [-0.3, -0.25) is 4.79 Å². The maximum Gasteiger partial charge on any atom is 0.281 e. The highest BCUT2D eigenvalue weighted by Crippen LogP contribution is 2.37. The van der Waals surface area contributed by atoms with Gasteiger partial charge in [0.1, 0.15) is 11.8 Å². The van der Waals surface area contributed by atoms with Crippen LogP contribution in [-0.2, 0) is 0 Å². The maximum atomic E-state index is 13.8. The van der Waals surface area contributed by atoms with Crippen molar-refractivity contribution in [1.82, 2.24) is 29.6 Å². The van der Waals surface area contributed by atoms with Crippen LogP contribution in [0.1, 0.15) is 44.0 Å². The molecular weight excluding hydrogens is 428 g/mol. The lowest BCUT2D eigenvalue weighted by atomic mass is 10.1. The van der Waals surface area contributed by atoms with Gasteiger partial charge in [-0.05, 0) is 44.2 Å². The van der Waals surface area contributed by atoms with E-state index in [0.717, 1.165) is 62.5 Å². The number of nitrogens with zero attached hydrogens (tertiary/aromatic N) is 7. The minimum Gasteiger partial charge on any atom is -0.344 e. The molecule has 0 aliphatic carbocycles. The molecule has 1 N–H and O–H groups in total. The van der Waals surface area contributed by atoms with E-state index in [0.29, 0.717) is 21.6 Å². The molecule has 6 rings (SSSR count). The van der Waals surface area contributed by atoms with Crippen LogP contribution >= 0.6 is 11.6 Å². The zero-order valence-corrected chi connectivity index (χ0v) is 18.3. The summed E-state index contributed by atoms with van der Waals surface area (Å²) in [7, 11) is 0. The SMILES string of the molecule is O=c1c2c(Cl)cccc2nc([C@@H]2CCCN2c2ncnc3nc[nH]c23)n1N1CCCCC1. The molecule has 2 fully saturated rings. The molecule has 164 valence electrons. The van der Waals surface area contributed by atoms with Gasteiger partial charge in [-0.1, -0.05) is 17.7 Å². The summed E-state index contributed by atoms with van der Waals surface area (Å²) < 4.78 is 1.79. The van der Waals surface area contributed by atoms with E-state index in [-0.39, 0.29) is 11.6 Å². The fraction of sp³-hybridized carbons (Fsp3) is 0.409. The predicted molar refractivity (Wildman–Crippen MR) is 124 cm³/mol. The van der Waals surface area contributed by atoms with Crippen LogP contribution in [-0.4, -0.2) is 49.2 Å². The number of halogens is 1. The quantitative estimate of drug-likeness (QED) is 0.512. The fourth-order valence-corrected chi connectivity index (χ4v) is 5.27. The van der Waals surface area contributed by atoms with Gasteiger partial charge in [-0.2, -0.15) is 0 Å².